The van der Waals surface area contributed by atoms with Crippen LogP contribution in [0.15, 0.2) is 48.0 Å². The van der Waals surface area contributed by atoms with Gasteiger partial charge >= 0.3 is 0 Å². The molecule has 0 saturated heterocycles. The van der Waals surface area contributed by atoms with Crippen LogP contribution in [0.3, 0.4) is 0 Å². The fraction of sp³-hybridized carbons (Fsp3) is 0.217. The number of methoxy groups -OCH3 is 1. The number of carbonyl (C=O) groups is 1. The van der Waals surface area contributed by atoms with Crippen LogP contribution in [0.1, 0.15) is 29.1 Å². The zero-order valence-corrected chi connectivity index (χ0v) is 17.7. The predicted octanol–water partition coefficient (Wildman–Crippen LogP) is 4.92. The summed E-state index contributed by atoms with van der Waals surface area (Å²) in [5.74, 6) is 0.819. The van der Waals surface area contributed by atoms with E-state index >= 15 is 0 Å². The number of nitrogens with zero attached hydrogens (tertiary/aromatic N) is 1. The van der Waals surface area contributed by atoms with Crippen molar-refractivity contribution >= 4 is 23.3 Å². The second kappa shape index (κ2) is 8.28. The number of rotatable bonds is 5. The highest BCUT2D eigenvalue weighted by Crippen LogP contribution is 2.36. The van der Waals surface area contributed by atoms with E-state index in [4.69, 9.17) is 9.47 Å². The summed E-state index contributed by atoms with van der Waals surface area (Å²) < 4.78 is 24.3. The Bertz CT molecular complexity index is 1120. The zero-order chi connectivity index (χ0) is 21.3. The van der Waals surface area contributed by atoms with Gasteiger partial charge in [0.05, 0.1) is 29.3 Å². The number of hydrogen-bond donors (Lipinski definition) is 1. The van der Waals surface area contributed by atoms with Gasteiger partial charge in [-0.15, -0.1) is 11.3 Å². The van der Waals surface area contributed by atoms with Crippen molar-refractivity contribution in [3.8, 4) is 22.1 Å². The summed E-state index contributed by atoms with van der Waals surface area (Å²) in [6.07, 6.45) is 1.83. The lowest BCUT2D eigenvalue weighted by Crippen LogP contribution is -2.30. The van der Waals surface area contributed by atoms with E-state index in [-0.39, 0.29) is 24.4 Å². The zero-order valence-electron chi connectivity index (χ0n) is 16.9. The Morgan fingerprint density at radius 3 is 2.77 bits per heavy atom. The maximum absolute atomic E-state index is 13.2. The van der Waals surface area contributed by atoms with Gasteiger partial charge in [-0.25, -0.2) is 9.37 Å². The molecule has 0 spiro atoms. The standard InChI is InChI=1S/C23H21FN2O3S/c1-13(21-14(2)26-23(30-21)15-7-9-18(24)10-8-15)25-22(27)17-11-16-5-4-6-19(28-3)20(16)29-12-17/h4-11,13H,12H2,1-3H3,(H,25,27). The van der Waals surface area contributed by atoms with E-state index in [1.807, 2.05) is 38.1 Å². The Balaban J connectivity index is 1.51. The first-order valence-electron chi connectivity index (χ1n) is 9.50. The molecule has 1 amide bonds. The van der Waals surface area contributed by atoms with Crippen LogP contribution < -0.4 is 14.8 Å². The van der Waals surface area contributed by atoms with Crippen molar-refractivity contribution in [2.75, 3.05) is 13.7 Å². The number of aromatic nitrogens is 1. The van der Waals surface area contributed by atoms with E-state index in [1.165, 1.54) is 23.5 Å². The van der Waals surface area contributed by atoms with Crippen LogP contribution in [0, 0.1) is 12.7 Å². The number of hydrogen-bond acceptors (Lipinski definition) is 5. The third kappa shape index (κ3) is 3.93. The van der Waals surface area contributed by atoms with E-state index in [0.717, 1.165) is 26.7 Å². The van der Waals surface area contributed by atoms with E-state index in [2.05, 4.69) is 10.3 Å². The first-order valence-corrected chi connectivity index (χ1v) is 10.3. The van der Waals surface area contributed by atoms with Crippen molar-refractivity contribution in [1.29, 1.82) is 0 Å². The van der Waals surface area contributed by atoms with Gasteiger partial charge in [0.2, 0.25) is 0 Å². The first kappa shape index (κ1) is 20.1. The van der Waals surface area contributed by atoms with Crippen LogP contribution in [0.25, 0.3) is 16.6 Å². The quantitative estimate of drug-likeness (QED) is 0.632. The van der Waals surface area contributed by atoms with Gasteiger partial charge in [0.25, 0.3) is 5.91 Å². The molecule has 3 aromatic rings. The number of amides is 1. The molecule has 0 bridgehead atoms. The summed E-state index contributed by atoms with van der Waals surface area (Å²) in [4.78, 5) is 18.4. The van der Waals surface area contributed by atoms with Crippen LogP contribution in [0.5, 0.6) is 11.5 Å². The van der Waals surface area contributed by atoms with Gasteiger partial charge in [0.1, 0.15) is 17.4 Å². The normalized spacial score (nSPS) is 13.7. The average molecular weight is 424 g/mol. The molecule has 5 nitrogen and oxygen atoms in total. The van der Waals surface area contributed by atoms with Gasteiger partial charge in [-0.3, -0.25) is 4.79 Å². The molecule has 0 saturated carbocycles. The molecule has 1 atom stereocenters. The Labute approximate surface area is 178 Å². The third-order valence-electron chi connectivity index (χ3n) is 4.89. The van der Waals surface area contributed by atoms with Crippen molar-refractivity contribution in [2.45, 2.75) is 19.9 Å². The Kier molecular flexibility index (Phi) is 5.55. The Hall–Kier alpha value is -3.19. The number of halogens is 1. The number of thiazole rings is 1. The SMILES string of the molecule is COc1cccc2c1OCC(C(=O)NC(C)c1sc(-c3ccc(F)cc3)nc1C)=C2. The van der Waals surface area contributed by atoms with Gasteiger partial charge in [-0.05, 0) is 50.3 Å². The molecule has 4 rings (SSSR count). The highest BCUT2D eigenvalue weighted by Gasteiger charge is 2.23. The van der Waals surface area contributed by atoms with E-state index in [1.54, 1.807) is 19.2 Å². The number of para-hydroxylation sites is 1. The third-order valence-corrected chi connectivity index (χ3v) is 6.28. The van der Waals surface area contributed by atoms with E-state index < -0.39 is 0 Å². The number of ether oxygens (including phenoxy) is 2. The molecule has 154 valence electrons. The summed E-state index contributed by atoms with van der Waals surface area (Å²) in [5.41, 5.74) is 3.05. The second-order valence-corrected chi connectivity index (χ2v) is 8.04. The summed E-state index contributed by atoms with van der Waals surface area (Å²) >= 11 is 1.49. The van der Waals surface area contributed by atoms with Crippen LogP contribution in [-0.4, -0.2) is 24.6 Å². The highest BCUT2D eigenvalue weighted by atomic mass is 32.1. The van der Waals surface area contributed by atoms with Crippen molar-refractivity contribution in [3.05, 3.63) is 70.0 Å². The van der Waals surface area contributed by atoms with Crippen molar-refractivity contribution in [1.82, 2.24) is 10.3 Å². The fourth-order valence-electron chi connectivity index (χ4n) is 3.35. The Morgan fingerprint density at radius 2 is 2.03 bits per heavy atom. The smallest absolute Gasteiger partial charge is 0.251 e. The molecular formula is C23H21FN2O3S. The lowest BCUT2D eigenvalue weighted by molar-refractivity contribution is -0.118. The van der Waals surface area contributed by atoms with Crippen molar-refractivity contribution in [2.24, 2.45) is 0 Å². The van der Waals surface area contributed by atoms with Crippen LogP contribution in [0.2, 0.25) is 0 Å². The molecule has 1 unspecified atom stereocenters. The molecule has 1 aromatic heterocycles. The number of benzene rings is 2. The largest absolute Gasteiger partial charge is 0.493 e. The van der Waals surface area contributed by atoms with Gasteiger partial charge in [0, 0.05) is 11.1 Å². The number of carbonyl (C=O) groups excluding carboxylic acids is 1. The fourth-order valence-corrected chi connectivity index (χ4v) is 4.43. The van der Waals surface area contributed by atoms with Gasteiger partial charge < -0.3 is 14.8 Å². The molecule has 0 aliphatic carbocycles. The number of aryl methyl sites for hydroxylation is 1. The predicted molar refractivity (Wildman–Crippen MR) is 115 cm³/mol. The minimum Gasteiger partial charge on any atom is -0.493 e. The van der Waals surface area contributed by atoms with Crippen molar-refractivity contribution < 1.29 is 18.7 Å². The van der Waals surface area contributed by atoms with E-state index in [9.17, 15) is 9.18 Å². The molecule has 1 N–H and O–H groups in total. The first-order chi connectivity index (χ1) is 14.5. The van der Waals surface area contributed by atoms with Gasteiger partial charge in [-0.2, -0.15) is 0 Å². The van der Waals surface area contributed by atoms with Crippen LogP contribution in [-0.2, 0) is 4.79 Å². The summed E-state index contributed by atoms with van der Waals surface area (Å²) in [7, 11) is 1.59. The molecule has 0 radical (unpaired) electrons. The minimum absolute atomic E-state index is 0.175. The molecule has 1 aliphatic heterocycles. The average Bonchev–Trinajstić information content (AvgIpc) is 3.15. The van der Waals surface area contributed by atoms with E-state index in [0.29, 0.717) is 17.1 Å². The lowest BCUT2D eigenvalue weighted by Gasteiger charge is -2.21. The summed E-state index contributed by atoms with van der Waals surface area (Å²) in [6.45, 7) is 4.01. The Morgan fingerprint density at radius 1 is 1.27 bits per heavy atom. The molecule has 2 heterocycles. The van der Waals surface area contributed by atoms with Crippen molar-refractivity contribution in [3.63, 3.8) is 0 Å². The summed E-state index contributed by atoms with van der Waals surface area (Å²) in [6, 6.07) is 11.6. The maximum atomic E-state index is 13.2. The minimum atomic E-state index is -0.282. The van der Waals surface area contributed by atoms with Crippen LogP contribution >= 0.6 is 11.3 Å². The monoisotopic (exact) mass is 424 g/mol. The summed E-state index contributed by atoms with van der Waals surface area (Å²) in [5, 5.41) is 3.83. The van der Waals surface area contributed by atoms with Crippen LogP contribution in [0.4, 0.5) is 4.39 Å². The molecule has 1 aliphatic rings. The maximum Gasteiger partial charge on any atom is 0.251 e. The van der Waals surface area contributed by atoms with Gasteiger partial charge in [0.15, 0.2) is 11.5 Å². The number of nitrogens with one attached hydrogen (secondary N) is 1. The number of fused-ring (bicyclic) bond motifs is 1. The molecule has 30 heavy (non-hydrogen) atoms. The molecule has 7 heteroatoms. The van der Waals surface area contributed by atoms with Gasteiger partial charge in [-0.1, -0.05) is 12.1 Å². The lowest BCUT2D eigenvalue weighted by atomic mass is 10.1. The topological polar surface area (TPSA) is 60.5 Å². The second-order valence-electron chi connectivity index (χ2n) is 7.01. The molecule has 0 fully saturated rings. The highest BCUT2D eigenvalue weighted by molar-refractivity contribution is 7.15. The molecular weight excluding hydrogens is 403 g/mol. The molecule has 2 aromatic carbocycles.